The van der Waals surface area contributed by atoms with E-state index in [-0.39, 0.29) is 5.91 Å². The van der Waals surface area contributed by atoms with Crippen molar-refractivity contribution >= 4 is 11.6 Å². The van der Waals surface area contributed by atoms with Gasteiger partial charge in [-0.1, -0.05) is 6.92 Å². The Morgan fingerprint density at radius 3 is 3.19 bits per heavy atom. The average molecular weight is 220 g/mol. The maximum Gasteiger partial charge on any atom is 0.307 e. The van der Waals surface area contributed by atoms with Gasteiger partial charge in [0.2, 0.25) is 0 Å². The summed E-state index contributed by atoms with van der Waals surface area (Å²) in [5, 5.41) is 4.15. The van der Waals surface area contributed by atoms with E-state index in [0.717, 1.165) is 25.0 Å². The van der Waals surface area contributed by atoms with Gasteiger partial charge in [0.1, 0.15) is 0 Å². The Morgan fingerprint density at radius 2 is 2.50 bits per heavy atom. The van der Waals surface area contributed by atoms with Crippen LogP contribution in [0.3, 0.4) is 0 Å². The summed E-state index contributed by atoms with van der Waals surface area (Å²) in [6, 6.07) is 3.31. The lowest BCUT2D eigenvalue weighted by Crippen LogP contribution is -2.21. The maximum absolute atomic E-state index is 11.5. The normalized spacial score (nSPS) is 23.3. The van der Waals surface area contributed by atoms with E-state index in [0.29, 0.717) is 11.7 Å². The molecule has 0 bridgehead atoms. The first-order valence-corrected chi connectivity index (χ1v) is 5.65. The molecule has 1 aliphatic rings. The Morgan fingerprint density at radius 1 is 1.62 bits per heavy atom. The Bertz CT molecular complexity index is 382. The number of rotatable bonds is 2. The molecular formula is C12H16N2O2. The summed E-state index contributed by atoms with van der Waals surface area (Å²) in [5.41, 5.74) is 3.61. The van der Waals surface area contributed by atoms with Gasteiger partial charge in [0.05, 0.1) is 6.26 Å². The fourth-order valence-corrected chi connectivity index (χ4v) is 1.96. The van der Waals surface area contributed by atoms with Crippen molar-refractivity contribution in [1.82, 2.24) is 5.43 Å². The van der Waals surface area contributed by atoms with Crippen LogP contribution in [0.2, 0.25) is 0 Å². The fraction of sp³-hybridized carbons (Fsp3) is 0.500. The standard InChI is InChI=1S/C12H16N2O2/c1-9-4-2-5-10(8-9)13-14-12(15)11-6-3-7-16-11/h3,6-7,9H,2,4-5,8H2,1H3,(H,14,15)/b13-10+. The zero-order chi connectivity index (χ0) is 11.4. The molecule has 0 spiro atoms. The summed E-state index contributed by atoms with van der Waals surface area (Å²) in [7, 11) is 0. The van der Waals surface area contributed by atoms with Crippen molar-refractivity contribution < 1.29 is 9.21 Å². The molecule has 1 fully saturated rings. The Hall–Kier alpha value is -1.58. The number of carbonyl (C=O) groups is 1. The van der Waals surface area contributed by atoms with E-state index in [1.165, 1.54) is 12.7 Å². The molecule has 4 heteroatoms. The molecule has 1 aromatic heterocycles. The molecule has 4 nitrogen and oxygen atoms in total. The molecular weight excluding hydrogens is 204 g/mol. The van der Waals surface area contributed by atoms with E-state index in [2.05, 4.69) is 17.5 Å². The monoisotopic (exact) mass is 220 g/mol. The summed E-state index contributed by atoms with van der Waals surface area (Å²) in [5.74, 6) is 0.692. The van der Waals surface area contributed by atoms with Crippen LogP contribution in [0.5, 0.6) is 0 Å². The number of hydrogen-bond acceptors (Lipinski definition) is 3. The topological polar surface area (TPSA) is 54.6 Å². The van der Waals surface area contributed by atoms with Gasteiger partial charge in [-0.3, -0.25) is 4.79 Å². The Balaban J connectivity index is 1.91. The molecule has 86 valence electrons. The lowest BCUT2D eigenvalue weighted by Gasteiger charge is -2.18. The largest absolute Gasteiger partial charge is 0.459 e. The maximum atomic E-state index is 11.5. The van der Waals surface area contributed by atoms with Crippen LogP contribution in [-0.4, -0.2) is 11.6 Å². The predicted molar refractivity (Wildman–Crippen MR) is 61.2 cm³/mol. The van der Waals surface area contributed by atoms with Gasteiger partial charge in [0.15, 0.2) is 5.76 Å². The van der Waals surface area contributed by atoms with Crippen molar-refractivity contribution in [3.05, 3.63) is 24.2 Å². The smallest absolute Gasteiger partial charge is 0.307 e. The summed E-state index contributed by atoms with van der Waals surface area (Å²) in [6.07, 6.45) is 5.87. The van der Waals surface area contributed by atoms with E-state index in [4.69, 9.17) is 4.42 Å². The van der Waals surface area contributed by atoms with Crippen LogP contribution in [0.25, 0.3) is 0 Å². The third-order valence-electron chi connectivity index (χ3n) is 2.81. The number of nitrogens with zero attached hydrogens (tertiary/aromatic N) is 1. The first-order valence-electron chi connectivity index (χ1n) is 5.65. The van der Waals surface area contributed by atoms with Crippen LogP contribution in [-0.2, 0) is 0 Å². The van der Waals surface area contributed by atoms with Gasteiger partial charge >= 0.3 is 5.91 Å². The molecule has 1 aliphatic carbocycles. The SMILES string of the molecule is CC1CCC/C(=N\NC(=O)c2ccco2)C1. The third kappa shape index (κ3) is 2.72. The fourth-order valence-electron chi connectivity index (χ4n) is 1.96. The molecule has 1 N–H and O–H groups in total. The zero-order valence-electron chi connectivity index (χ0n) is 9.40. The summed E-state index contributed by atoms with van der Waals surface area (Å²) < 4.78 is 4.97. The Kier molecular flexibility index (Phi) is 3.39. The van der Waals surface area contributed by atoms with Crippen LogP contribution >= 0.6 is 0 Å². The van der Waals surface area contributed by atoms with Gasteiger partial charge < -0.3 is 4.42 Å². The van der Waals surface area contributed by atoms with Gasteiger partial charge in [-0.15, -0.1) is 0 Å². The molecule has 0 radical (unpaired) electrons. The second-order valence-electron chi connectivity index (χ2n) is 4.30. The minimum Gasteiger partial charge on any atom is -0.459 e. The first-order chi connectivity index (χ1) is 7.75. The van der Waals surface area contributed by atoms with Gasteiger partial charge in [-0.25, -0.2) is 5.43 Å². The van der Waals surface area contributed by atoms with Crippen molar-refractivity contribution in [3.63, 3.8) is 0 Å². The van der Waals surface area contributed by atoms with Crippen LogP contribution in [0, 0.1) is 5.92 Å². The third-order valence-corrected chi connectivity index (χ3v) is 2.81. The second kappa shape index (κ2) is 4.96. The quantitative estimate of drug-likeness (QED) is 0.779. The average Bonchev–Trinajstić information content (AvgIpc) is 2.79. The highest BCUT2D eigenvalue weighted by Gasteiger charge is 2.14. The Labute approximate surface area is 94.7 Å². The summed E-state index contributed by atoms with van der Waals surface area (Å²) >= 11 is 0. The van der Waals surface area contributed by atoms with Gasteiger partial charge in [0.25, 0.3) is 0 Å². The van der Waals surface area contributed by atoms with Crippen molar-refractivity contribution in [2.45, 2.75) is 32.6 Å². The van der Waals surface area contributed by atoms with Crippen molar-refractivity contribution in [3.8, 4) is 0 Å². The highest BCUT2D eigenvalue weighted by Crippen LogP contribution is 2.20. The lowest BCUT2D eigenvalue weighted by atomic mass is 9.89. The highest BCUT2D eigenvalue weighted by molar-refractivity contribution is 5.93. The molecule has 1 aromatic rings. The predicted octanol–water partition coefficient (Wildman–Crippen LogP) is 2.58. The number of hydrogen-bond donors (Lipinski definition) is 1. The van der Waals surface area contributed by atoms with E-state index in [1.807, 2.05) is 0 Å². The second-order valence-corrected chi connectivity index (χ2v) is 4.30. The van der Waals surface area contributed by atoms with Crippen molar-refractivity contribution in [1.29, 1.82) is 0 Å². The van der Waals surface area contributed by atoms with Crippen molar-refractivity contribution in [2.75, 3.05) is 0 Å². The number of furan rings is 1. The van der Waals surface area contributed by atoms with Crippen LogP contribution in [0.15, 0.2) is 27.9 Å². The van der Waals surface area contributed by atoms with Crippen LogP contribution in [0.1, 0.15) is 43.2 Å². The van der Waals surface area contributed by atoms with E-state index >= 15 is 0 Å². The zero-order valence-corrected chi connectivity index (χ0v) is 9.40. The molecule has 1 saturated carbocycles. The molecule has 16 heavy (non-hydrogen) atoms. The van der Waals surface area contributed by atoms with Gasteiger partial charge in [-0.05, 0) is 43.7 Å². The molecule has 2 rings (SSSR count). The highest BCUT2D eigenvalue weighted by atomic mass is 16.3. The summed E-state index contributed by atoms with van der Waals surface area (Å²) in [4.78, 5) is 11.5. The van der Waals surface area contributed by atoms with E-state index < -0.39 is 0 Å². The molecule has 0 aliphatic heterocycles. The van der Waals surface area contributed by atoms with Gasteiger partial charge in [0, 0.05) is 5.71 Å². The molecule has 1 atom stereocenters. The van der Waals surface area contributed by atoms with E-state index in [9.17, 15) is 4.79 Å². The lowest BCUT2D eigenvalue weighted by molar-refractivity contribution is 0.0927. The molecule has 0 aromatic carbocycles. The summed E-state index contributed by atoms with van der Waals surface area (Å²) in [6.45, 7) is 2.21. The molecule has 1 heterocycles. The first kappa shape index (κ1) is 10.9. The number of amides is 1. The number of hydrazone groups is 1. The minimum atomic E-state index is -0.282. The van der Waals surface area contributed by atoms with Crippen LogP contribution < -0.4 is 5.43 Å². The van der Waals surface area contributed by atoms with Crippen LogP contribution in [0.4, 0.5) is 0 Å². The molecule has 1 amide bonds. The number of carbonyl (C=O) groups excluding carboxylic acids is 1. The van der Waals surface area contributed by atoms with Gasteiger partial charge in [-0.2, -0.15) is 5.10 Å². The molecule has 1 unspecified atom stereocenters. The van der Waals surface area contributed by atoms with Crippen molar-refractivity contribution in [2.24, 2.45) is 11.0 Å². The molecule has 0 saturated heterocycles. The van der Waals surface area contributed by atoms with E-state index in [1.54, 1.807) is 12.1 Å². The number of nitrogens with one attached hydrogen (secondary N) is 1. The minimum absolute atomic E-state index is 0.282.